The Kier molecular flexibility index (Phi) is 5.68. The smallest absolute Gasteiger partial charge is 0.323 e. The fourth-order valence-corrected chi connectivity index (χ4v) is 3.45. The molecule has 1 aromatic carbocycles. The number of ether oxygens (including phenoxy) is 1. The Morgan fingerprint density at radius 2 is 2.11 bits per heavy atom. The largest absolute Gasteiger partial charge is 0.480 e. The van der Waals surface area contributed by atoms with E-state index in [0.717, 1.165) is 22.9 Å². The van der Waals surface area contributed by atoms with E-state index >= 15 is 0 Å². The van der Waals surface area contributed by atoms with Gasteiger partial charge in [0, 0.05) is 0 Å². The molecular formula is C16H9ClFN3O4S2. The first-order valence-corrected chi connectivity index (χ1v) is 8.87. The van der Waals surface area contributed by atoms with Crippen molar-refractivity contribution >= 4 is 57.9 Å². The second-order valence-electron chi connectivity index (χ2n) is 5.12. The van der Waals surface area contributed by atoms with Crippen molar-refractivity contribution in [1.29, 1.82) is 0 Å². The number of aliphatic carboxylic acids is 1. The summed E-state index contributed by atoms with van der Waals surface area (Å²) in [5, 5.41) is 8.69. The quantitative estimate of drug-likeness (QED) is 0.443. The predicted molar refractivity (Wildman–Crippen MR) is 101 cm³/mol. The minimum absolute atomic E-state index is 0.147. The van der Waals surface area contributed by atoms with E-state index in [1.165, 1.54) is 0 Å². The molecule has 1 fully saturated rings. The predicted octanol–water partition coefficient (Wildman–Crippen LogP) is 3.35. The Hall–Kier alpha value is -2.56. The molecule has 7 nitrogen and oxygen atoms in total. The van der Waals surface area contributed by atoms with E-state index in [1.807, 2.05) is 0 Å². The molecule has 1 N–H and O–H groups in total. The van der Waals surface area contributed by atoms with E-state index in [2.05, 4.69) is 9.97 Å². The maximum absolute atomic E-state index is 13.6. The van der Waals surface area contributed by atoms with Crippen LogP contribution in [0.2, 0.25) is 5.28 Å². The number of amides is 1. The number of aromatic nitrogens is 2. The van der Waals surface area contributed by atoms with Crippen LogP contribution >= 0.6 is 35.6 Å². The molecule has 0 aliphatic carbocycles. The summed E-state index contributed by atoms with van der Waals surface area (Å²) >= 11 is 11.7. The maximum Gasteiger partial charge on any atom is 0.323 e. The van der Waals surface area contributed by atoms with Gasteiger partial charge in [0.05, 0.1) is 11.1 Å². The van der Waals surface area contributed by atoms with E-state index < -0.39 is 24.2 Å². The molecule has 3 rings (SSSR count). The van der Waals surface area contributed by atoms with Crippen LogP contribution in [0, 0.1) is 5.82 Å². The van der Waals surface area contributed by atoms with Gasteiger partial charge in [0.2, 0.25) is 11.1 Å². The van der Waals surface area contributed by atoms with Crippen LogP contribution in [0.15, 0.2) is 35.4 Å². The van der Waals surface area contributed by atoms with Crippen molar-refractivity contribution in [2.24, 2.45) is 0 Å². The highest BCUT2D eigenvalue weighted by atomic mass is 35.5. The first-order chi connectivity index (χ1) is 12.8. The van der Waals surface area contributed by atoms with Crippen molar-refractivity contribution in [1.82, 2.24) is 14.9 Å². The topological polar surface area (TPSA) is 92.6 Å². The third-order valence-electron chi connectivity index (χ3n) is 3.24. The molecule has 0 saturated carbocycles. The second kappa shape index (κ2) is 7.99. The van der Waals surface area contributed by atoms with E-state index in [9.17, 15) is 14.0 Å². The van der Waals surface area contributed by atoms with Crippen LogP contribution < -0.4 is 4.74 Å². The van der Waals surface area contributed by atoms with E-state index in [1.54, 1.807) is 30.3 Å². The van der Waals surface area contributed by atoms with Gasteiger partial charge in [-0.15, -0.1) is 0 Å². The van der Waals surface area contributed by atoms with Gasteiger partial charge < -0.3 is 9.84 Å². The summed E-state index contributed by atoms with van der Waals surface area (Å²) in [7, 11) is 0. The van der Waals surface area contributed by atoms with Crippen LogP contribution in [0.3, 0.4) is 0 Å². The number of carbonyl (C=O) groups is 2. The fraction of sp³-hybridized carbons (Fsp3) is 0.0625. The summed E-state index contributed by atoms with van der Waals surface area (Å²) in [5.74, 6) is -2.38. The number of rotatable bonds is 5. The Bertz CT molecular complexity index is 969. The van der Waals surface area contributed by atoms with Gasteiger partial charge in [-0.1, -0.05) is 36.1 Å². The van der Waals surface area contributed by atoms with Gasteiger partial charge in [-0.3, -0.25) is 14.5 Å². The first kappa shape index (κ1) is 19.2. The molecule has 1 saturated heterocycles. The summed E-state index contributed by atoms with van der Waals surface area (Å²) in [4.78, 5) is 31.5. The molecule has 138 valence electrons. The molecule has 1 amide bonds. The number of hydrogen-bond acceptors (Lipinski definition) is 7. The zero-order valence-corrected chi connectivity index (χ0v) is 15.6. The lowest BCUT2D eigenvalue weighted by molar-refractivity contribution is -0.140. The van der Waals surface area contributed by atoms with Crippen LogP contribution in [0.4, 0.5) is 4.39 Å². The number of hydrogen-bond donors (Lipinski definition) is 1. The van der Waals surface area contributed by atoms with E-state index in [4.69, 9.17) is 33.7 Å². The highest BCUT2D eigenvalue weighted by molar-refractivity contribution is 8.26. The third kappa shape index (κ3) is 4.59. The van der Waals surface area contributed by atoms with Gasteiger partial charge in [0.15, 0.2) is 0 Å². The molecule has 0 atom stereocenters. The SMILES string of the molecule is O=C(O)CN1C(=O)/C(=C\c2ccc(Oc3nc(Cl)ncc3F)cc2)SC1=S. The van der Waals surface area contributed by atoms with Gasteiger partial charge >= 0.3 is 5.97 Å². The van der Waals surface area contributed by atoms with Gasteiger partial charge in [-0.25, -0.2) is 4.98 Å². The van der Waals surface area contributed by atoms with Crippen LogP contribution in [-0.2, 0) is 9.59 Å². The zero-order valence-electron chi connectivity index (χ0n) is 13.3. The second-order valence-corrected chi connectivity index (χ2v) is 7.14. The minimum atomic E-state index is -1.15. The molecule has 0 spiro atoms. The summed E-state index contributed by atoms with van der Waals surface area (Å²) in [6, 6.07) is 6.39. The number of carboxylic acid groups (broad SMARTS) is 1. The maximum atomic E-state index is 13.6. The molecule has 27 heavy (non-hydrogen) atoms. The normalized spacial score (nSPS) is 15.5. The molecule has 2 aromatic rings. The Balaban J connectivity index is 1.75. The summed E-state index contributed by atoms with van der Waals surface area (Å²) < 4.78 is 19.1. The monoisotopic (exact) mass is 425 g/mol. The third-order valence-corrected chi connectivity index (χ3v) is 4.80. The van der Waals surface area contributed by atoms with Crippen molar-refractivity contribution in [3.8, 4) is 11.6 Å². The van der Waals surface area contributed by atoms with Gasteiger partial charge in [-0.2, -0.15) is 9.37 Å². The zero-order chi connectivity index (χ0) is 19.6. The minimum Gasteiger partial charge on any atom is -0.480 e. The van der Waals surface area contributed by atoms with E-state index in [-0.39, 0.29) is 15.5 Å². The number of nitrogens with zero attached hydrogens (tertiary/aromatic N) is 3. The molecule has 0 radical (unpaired) electrons. The summed E-state index contributed by atoms with van der Waals surface area (Å²) in [6.07, 6.45) is 2.48. The van der Waals surface area contributed by atoms with Crippen molar-refractivity contribution in [2.75, 3.05) is 6.54 Å². The number of thioether (sulfide) groups is 1. The number of carboxylic acids is 1. The molecule has 0 unspecified atom stereocenters. The molecule has 11 heteroatoms. The van der Waals surface area contributed by atoms with Crippen LogP contribution in [0.25, 0.3) is 6.08 Å². The Morgan fingerprint density at radius 1 is 1.41 bits per heavy atom. The van der Waals surface area contributed by atoms with E-state index in [0.29, 0.717) is 16.2 Å². The number of thiocarbonyl (C=S) groups is 1. The number of halogens is 2. The molecule has 1 aliphatic heterocycles. The molecule has 1 aliphatic rings. The van der Waals surface area contributed by atoms with Gasteiger partial charge in [-0.05, 0) is 35.4 Å². The van der Waals surface area contributed by atoms with Gasteiger partial charge in [0.1, 0.15) is 16.6 Å². The highest BCUT2D eigenvalue weighted by Crippen LogP contribution is 2.32. The highest BCUT2D eigenvalue weighted by Gasteiger charge is 2.33. The first-order valence-electron chi connectivity index (χ1n) is 7.26. The fourth-order valence-electron chi connectivity index (χ4n) is 2.07. The Morgan fingerprint density at radius 3 is 2.78 bits per heavy atom. The van der Waals surface area contributed by atoms with Crippen LogP contribution in [0.1, 0.15) is 5.56 Å². The van der Waals surface area contributed by atoms with Crippen molar-refractivity contribution < 1.29 is 23.8 Å². The summed E-state index contributed by atoms with van der Waals surface area (Å²) in [5.41, 5.74) is 0.652. The molecule has 0 bridgehead atoms. The average molecular weight is 426 g/mol. The van der Waals surface area contributed by atoms with Crippen molar-refractivity contribution in [3.05, 3.63) is 52.0 Å². The lowest BCUT2D eigenvalue weighted by Gasteiger charge is -2.10. The van der Waals surface area contributed by atoms with Gasteiger partial charge in [0.25, 0.3) is 11.8 Å². The summed E-state index contributed by atoms with van der Waals surface area (Å²) in [6.45, 7) is -0.484. The van der Waals surface area contributed by atoms with Crippen molar-refractivity contribution in [3.63, 3.8) is 0 Å². The number of benzene rings is 1. The van der Waals surface area contributed by atoms with Crippen molar-refractivity contribution in [2.45, 2.75) is 0 Å². The lowest BCUT2D eigenvalue weighted by atomic mass is 10.2. The molecule has 1 aromatic heterocycles. The number of carbonyl (C=O) groups excluding carboxylic acids is 1. The van der Waals surface area contributed by atoms with Crippen LogP contribution in [0.5, 0.6) is 11.6 Å². The Labute approximate surface area is 166 Å². The lowest BCUT2D eigenvalue weighted by Crippen LogP contribution is -2.33. The molecule has 2 heterocycles. The molecular weight excluding hydrogens is 417 g/mol. The van der Waals surface area contributed by atoms with Crippen LogP contribution in [-0.4, -0.2) is 42.7 Å². The standard InChI is InChI=1S/C16H9ClFN3O4S2/c17-15-19-6-10(18)13(20-15)25-9-3-1-8(2-4-9)5-11-14(24)21(7-12(22)23)16(26)27-11/h1-6H,7H2,(H,22,23)/b11-5+. The average Bonchev–Trinajstić information content (AvgIpc) is 2.87.